The van der Waals surface area contributed by atoms with Crippen molar-refractivity contribution >= 4 is 28.8 Å². The number of hydrogen-bond donors (Lipinski definition) is 3. The van der Waals surface area contributed by atoms with Crippen molar-refractivity contribution in [3.63, 3.8) is 0 Å². The number of carbonyl (C=O) groups excluding carboxylic acids is 1. The van der Waals surface area contributed by atoms with Gasteiger partial charge in [-0.25, -0.2) is 9.97 Å². The number of hydrogen-bond acceptors (Lipinski definition) is 6. The number of ether oxygens (including phenoxy) is 1. The van der Waals surface area contributed by atoms with Crippen LogP contribution in [0.15, 0.2) is 30.6 Å². The standard InChI is InChI=1S/C23H26N6O2/c1-13(16-8-21(30)26-11-16)31-23-22-20(27-12-29(22)17-5-6-17)9-19(28-23)14-3-4-15(10-24)18(7-14)25-2/h3-4,7,9-10,12-13,16-17,24-25H,5-6,8,11H2,1-2H3,(H,26,30)/t13-,16-/m1/s1. The van der Waals surface area contributed by atoms with Crippen molar-refractivity contribution in [2.45, 2.75) is 38.3 Å². The maximum absolute atomic E-state index is 11.7. The lowest BCUT2D eigenvalue weighted by atomic mass is 10.0. The van der Waals surface area contributed by atoms with Crippen LogP contribution in [0.5, 0.6) is 5.88 Å². The first-order valence-corrected chi connectivity index (χ1v) is 10.7. The monoisotopic (exact) mass is 418 g/mol. The first-order valence-electron chi connectivity index (χ1n) is 10.7. The first-order chi connectivity index (χ1) is 15.1. The predicted octanol–water partition coefficient (Wildman–Crippen LogP) is 3.38. The SMILES string of the molecule is CNc1cc(-c2cc3ncn(C4CC4)c3c(O[C@H](C)[C@H]3CNC(=O)C3)n2)ccc1C=N. The molecule has 160 valence electrons. The molecule has 1 aromatic carbocycles. The summed E-state index contributed by atoms with van der Waals surface area (Å²) in [4.78, 5) is 21.2. The molecule has 1 aliphatic carbocycles. The molecule has 1 saturated carbocycles. The Balaban J connectivity index is 1.58. The zero-order valence-corrected chi connectivity index (χ0v) is 17.7. The van der Waals surface area contributed by atoms with Gasteiger partial charge in [-0.2, -0.15) is 0 Å². The molecule has 2 fully saturated rings. The van der Waals surface area contributed by atoms with E-state index in [1.165, 1.54) is 6.21 Å². The maximum Gasteiger partial charge on any atom is 0.241 e. The third kappa shape index (κ3) is 3.62. The molecule has 2 aromatic heterocycles. The molecule has 3 N–H and O–H groups in total. The molecule has 0 radical (unpaired) electrons. The number of carbonyl (C=O) groups is 1. The summed E-state index contributed by atoms with van der Waals surface area (Å²) in [7, 11) is 1.84. The molecular formula is C23H26N6O2. The van der Waals surface area contributed by atoms with Gasteiger partial charge in [0.25, 0.3) is 0 Å². The number of anilines is 1. The van der Waals surface area contributed by atoms with Crippen molar-refractivity contribution in [3.8, 4) is 17.1 Å². The van der Waals surface area contributed by atoms with Gasteiger partial charge in [-0.1, -0.05) is 12.1 Å². The van der Waals surface area contributed by atoms with Crippen molar-refractivity contribution < 1.29 is 9.53 Å². The van der Waals surface area contributed by atoms with E-state index in [1.54, 1.807) is 0 Å². The highest BCUT2D eigenvalue weighted by Gasteiger charge is 2.31. The second-order valence-electron chi connectivity index (χ2n) is 8.35. The molecule has 3 heterocycles. The Morgan fingerprint density at radius 1 is 1.35 bits per heavy atom. The number of benzene rings is 1. The Labute approximate surface area is 180 Å². The number of nitrogens with zero attached hydrogens (tertiary/aromatic N) is 3. The quantitative estimate of drug-likeness (QED) is 0.510. The lowest BCUT2D eigenvalue weighted by Gasteiger charge is -2.20. The Bertz CT molecular complexity index is 1170. The smallest absolute Gasteiger partial charge is 0.241 e. The molecule has 31 heavy (non-hydrogen) atoms. The van der Waals surface area contributed by atoms with Crippen molar-refractivity contribution in [2.75, 3.05) is 18.9 Å². The first kappa shape index (κ1) is 19.5. The Morgan fingerprint density at radius 2 is 2.19 bits per heavy atom. The fourth-order valence-electron chi connectivity index (χ4n) is 4.17. The van der Waals surface area contributed by atoms with Gasteiger partial charge in [0.1, 0.15) is 11.6 Å². The van der Waals surface area contributed by atoms with Crippen LogP contribution in [0.3, 0.4) is 0 Å². The minimum Gasteiger partial charge on any atom is -0.473 e. The topological polar surface area (TPSA) is 105 Å². The Hall–Kier alpha value is -3.42. The fourth-order valence-corrected chi connectivity index (χ4v) is 4.17. The van der Waals surface area contributed by atoms with E-state index in [-0.39, 0.29) is 17.9 Å². The van der Waals surface area contributed by atoms with E-state index in [4.69, 9.17) is 15.1 Å². The lowest BCUT2D eigenvalue weighted by molar-refractivity contribution is -0.119. The number of pyridine rings is 1. The van der Waals surface area contributed by atoms with Gasteiger partial charge in [-0.05, 0) is 31.9 Å². The molecule has 2 atom stereocenters. The summed E-state index contributed by atoms with van der Waals surface area (Å²) in [6, 6.07) is 8.29. The average molecular weight is 419 g/mol. The number of aromatic nitrogens is 3. The van der Waals surface area contributed by atoms with Crippen LogP contribution in [0.4, 0.5) is 5.69 Å². The van der Waals surface area contributed by atoms with Crippen molar-refractivity contribution in [1.29, 1.82) is 5.41 Å². The van der Waals surface area contributed by atoms with E-state index in [9.17, 15) is 4.79 Å². The van der Waals surface area contributed by atoms with Gasteiger partial charge in [0, 0.05) is 55.0 Å². The van der Waals surface area contributed by atoms with Crippen LogP contribution < -0.4 is 15.4 Å². The number of fused-ring (bicyclic) bond motifs is 1. The van der Waals surface area contributed by atoms with Gasteiger partial charge in [-0.3, -0.25) is 4.79 Å². The van der Waals surface area contributed by atoms with Crippen LogP contribution in [0.2, 0.25) is 0 Å². The van der Waals surface area contributed by atoms with Crippen molar-refractivity contribution in [3.05, 3.63) is 36.2 Å². The number of rotatable bonds is 7. The fraction of sp³-hybridized carbons (Fsp3) is 0.391. The van der Waals surface area contributed by atoms with E-state index in [0.717, 1.165) is 46.4 Å². The largest absolute Gasteiger partial charge is 0.473 e. The summed E-state index contributed by atoms with van der Waals surface area (Å²) < 4.78 is 8.55. The molecular weight excluding hydrogens is 392 g/mol. The van der Waals surface area contributed by atoms with Gasteiger partial charge in [-0.15, -0.1) is 0 Å². The molecule has 8 nitrogen and oxygen atoms in total. The van der Waals surface area contributed by atoms with Crippen molar-refractivity contribution in [1.82, 2.24) is 19.9 Å². The van der Waals surface area contributed by atoms with Crippen molar-refractivity contribution in [2.24, 2.45) is 5.92 Å². The number of amides is 1. The maximum atomic E-state index is 11.7. The number of imidazole rings is 1. The highest BCUT2D eigenvalue weighted by Crippen LogP contribution is 2.40. The zero-order valence-electron chi connectivity index (χ0n) is 17.7. The van der Waals surface area contributed by atoms with Gasteiger partial charge >= 0.3 is 0 Å². The lowest BCUT2D eigenvalue weighted by Crippen LogP contribution is -2.26. The van der Waals surface area contributed by atoms with Crippen LogP contribution in [0.1, 0.15) is 37.8 Å². The summed E-state index contributed by atoms with van der Waals surface area (Å²) in [6.07, 6.45) is 5.81. The third-order valence-corrected chi connectivity index (χ3v) is 6.20. The zero-order chi connectivity index (χ0) is 21.5. The highest BCUT2D eigenvalue weighted by atomic mass is 16.5. The minimum absolute atomic E-state index is 0.0706. The molecule has 0 unspecified atom stereocenters. The normalized spacial score (nSPS) is 19.3. The Kier molecular flexibility index (Phi) is 4.84. The Morgan fingerprint density at radius 3 is 2.87 bits per heavy atom. The average Bonchev–Trinajstić information content (AvgIpc) is 3.38. The van der Waals surface area contributed by atoms with Crippen LogP contribution in [-0.2, 0) is 4.79 Å². The predicted molar refractivity (Wildman–Crippen MR) is 120 cm³/mol. The van der Waals surface area contributed by atoms with Crippen LogP contribution in [0, 0.1) is 11.3 Å². The van der Waals surface area contributed by atoms with E-state index in [1.807, 2.05) is 44.6 Å². The molecule has 5 rings (SSSR count). The molecule has 0 bridgehead atoms. The number of nitrogens with one attached hydrogen (secondary N) is 3. The van der Waals surface area contributed by atoms with E-state index >= 15 is 0 Å². The summed E-state index contributed by atoms with van der Waals surface area (Å²) in [5.74, 6) is 0.750. The van der Waals surface area contributed by atoms with E-state index in [0.29, 0.717) is 24.9 Å². The highest BCUT2D eigenvalue weighted by molar-refractivity contribution is 5.89. The van der Waals surface area contributed by atoms with E-state index in [2.05, 4.69) is 20.2 Å². The van der Waals surface area contributed by atoms with E-state index < -0.39 is 0 Å². The molecule has 8 heteroatoms. The second-order valence-corrected chi connectivity index (χ2v) is 8.35. The van der Waals surface area contributed by atoms with Gasteiger partial charge < -0.3 is 25.3 Å². The summed E-state index contributed by atoms with van der Waals surface area (Å²) in [5.41, 5.74) is 5.14. The molecule has 1 aliphatic heterocycles. The van der Waals surface area contributed by atoms with Gasteiger partial charge in [0.15, 0.2) is 0 Å². The van der Waals surface area contributed by atoms with Crippen LogP contribution >= 0.6 is 0 Å². The summed E-state index contributed by atoms with van der Waals surface area (Å²) in [6.45, 7) is 2.63. The van der Waals surface area contributed by atoms with Gasteiger partial charge in [0.05, 0.1) is 17.5 Å². The molecule has 1 saturated heterocycles. The molecule has 2 aliphatic rings. The minimum atomic E-state index is -0.152. The molecule has 0 spiro atoms. The van der Waals surface area contributed by atoms with Crippen LogP contribution in [-0.4, -0.2) is 46.4 Å². The summed E-state index contributed by atoms with van der Waals surface area (Å²) in [5, 5.41) is 13.6. The van der Waals surface area contributed by atoms with Gasteiger partial charge in [0.2, 0.25) is 11.8 Å². The summed E-state index contributed by atoms with van der Waals surface area (Å²) >= 11 is 0. The molecule has 3 aromatic rings. The third-order valence-electron chi connectivity index (χ3n) is 6.20. The second kappa shape index (κ2) is 7.68. The molecule has 1 amide bonds. The van der Waals surface area contributed by atoms with Crippen LogP contribution in [0.25, 0.3) is 22.3 Å².